The van der Waals surface area contributed by atoms with Crippen LogP contribution in [0.1, 0.15) is 24.0 Å². The molecule has 29 heavy (non-hydrogen) atoms. The predicted molar refractivity (Wildman–Crippen MR) is 102 cm³/mol. The van der Waals surface area contributed by atoms with Gasteiger partial charge in [0.15, 0.2) is 0 Å². The Balaban J connectivity index is 1.73. The van der Waals surface area contributed by atoms with Gasteiger partial charge in [0.2, 0.25) is 10.0 Å². The van der Waals surface area contributed by atoms with Gasteiger partial charge in [-0.3, -0.25) is 4.79 Å². The summed E-state index contributed by atoms with van der Waals surface area (Å²) in [7, 11) is -4.03. The number of piperidine rings is 1. The molecule has 0 amide bonds. The predicted octanol–water partition coefficient (Wildman–Crippen LogP) is 2.31. The summed E-state index contributed by atoms with van der Waals surface area (Å²) in [4.78, 5) is 11.4. The van der Waals surface area contributed by atoms with E-state index in [1.165, 1.54) is 36.4 Å². The molecule has 2 atom stereocenters. The Hall–Kier alpha value is -2.49. The van der Waals surface area contributed by atoms with E-state index < -0.39 is 28.1 Å². The molecule has 2 unspecified atom stereocenters. The van der Waals surface area contributed by atoms with E-state index in [1.807, 2.05) is 0 Å². The van der Waals surface area contributed by atoms with Gasteiger partial charge in [0.05, 0.1) is 11.0 Å². The lowest BCUT2D eigenvalue weighted by Gasteiger charge is -2.34. The van der Waals surface area contributed by atoms with Crippen molar-refractivity contribution in [3.8, 4) is 5.75 Å². The average molecular weight is 423 g/mol. The number of halogens is 1. The molecule has 0 aliphatic carbocycles. The Kier molecular flexibility index (Phi) is 6.21. The summed E-state index contributed by atoms with van der Waals surface area (Å²) in [6.07, 6.45) is -0.804. The van der Waals surface area contributed by atoms with Crippen LogP contribution in [-0.4, -0.2) is 47.6 Å². The second-order valence-corrected chi connectivity index (χ2v) is 8.87. The smallest absolute Gasteiger partial charge is 0.322 e. The van der Waals surface area contributed by atoms with E-state index in [0.717, 1.165) is 15.4 Å². The van der Waals surface area contributed by atoms with Crippen molar-refractivity contribution >= 4 is 16.0 Å². The van der Waals surface area contributed by atoms with Crippen LogP contribution in [0.5, 0.6) is 5.75 Å². The standard InChI is InChI=1S/C20H22FNO6S/c1-13-10-15(21)3-2-14(13)12-28-17-4-6-18(7-5-17)29(26,27)22-9-8-16(23)11-19(22)20(24)25/h2-7,10,16,19,23H,8-9,11-12H2,1H3,(H,24,25). The van der Waals surface area contributed by atoms with Crippen LogP contribution < -0.4 is 4.74 Å². The maximum absolute atomic E-state index is 13.2. The van der Waals surface area contributed by atoms with Crippen molar-refractivity contribution in [2.45, 2.75) is 43.4 Å². The third-order valence-corrected chi connectivity index (χ3v) is 6.86. The Morgan fingerprint density at radius 3 is 2.55 bits per heavy atom. The second-order valence-electron chi connectivity index (χ2n) is 6.98. The van der Waals surface area contributed by atoms with E-state index in [4.69, 9.17) is 4.74 Å². The molecule has 1 aliphatic heterocycles. The van der Waals surface area contributed by atoms with Crippen LogP contribution in [0.4, 0.5) is 4.39 Å². The zero-order valence-electron chi connectivity index (χ0n) is 15.8. The Bertz CT molecular complexity index is 993. The van der Waals surface area contributed by atoms with E-state index in [0.29, 0.717) is 5.75 Å². The quantitative estimate of drug-likeness (QED) is 0.739. The van der Waals surface area contributed by atoms with E-state index in [-0.39, 0.29) is 36.7 Å². The second kappa shape index (κ2) is 8.48. The van der Waals surface area contributed by atoms with Crippen LogP contribution in [0, 0.1) is 12.7 Å². The van der Waals surface area contributed by atoms with Crippen molar-refractivity contribution in [3.63, 3.8) is 0 Å². The number of aliphatic hydroxyl groups is 1. The van der Waals surface area contributed by atoms with Crippen LogP contribution in [0.25, 0.3) is 0 Å². The number of benzene rings is 2. The molecule has 3 rings (SSSR count). The molecular formula is C20H22FNO6S. The number of aliphatic carboxylic acids is 1. The normalized spacial score (nSPS) is 20.4. The van der Waals surface area contributed by atoms with Crippen LogP contribution >= 0.6 is 0 Å². The van der Waals surface area contributed by atoms with Crippen molar-refractivity contribution in [2.75, 3.05) is 6.54 Å². The monoisotopic (exact) mass is 423 g/mol. The highest BCUT2D eigenvalue weighted by atomic mass is 32.2. The minimum absolute atomic E-state index is 0.0505. The van der Waals surface area contributed by atoms with Crippen molar-refractivity contribution in [1.29, 1.82) is 0 Å². The largest absolute Gasteiger partial charge is 0.489 e. The van der Waals surface area contributed by atoms with Crippen LogP contribution in [0.3, 0.4) is 0 Å². The fourth-order valence-electron chi connectivity index (χ4n) is 3.26. The number of aryl methyl sites for hydroxylation is 1. The maximum Gasteiger partial charge on any atom is 0.322 e. The molecule has 2 aromatic rings. The molecule has 2 N–H and O–H groups in total. The van der Waals surface area contributed by atoms with Crippen molar-refractivity contribution in [1.82, 2.24) is 4.31 Å². The zero-order valence-corrected chi connectivity index (χ0v) is 16.6. The van der Waals surface area contributed by atoms with Gasteiger partial charge < -0.3 is 14.9 Å². The Morgan fingerprint density at radius 2 is 1.93 bits per heavy atom. The highest BCUT2D eigenvalue weighted by molar-refractivity contribution is 7.89. The summed E-state index contributed by atoms with van der Waals surface area (Å²) >= 11 is 0. The maximum atomic E-state index is 13.2. The molecule has 1 fully saturated rings. The van der Waals surface area contributed by atoms with Gasteiger partial charge in [0, 0.05) is 13.0 Å². The highest BCUT2D eigenvalue weighted by Crippen LogP contribution is 2.27. The van der Waals surface area contributed by atoms with Gasteiger partial charge in [-0.05, 0) is 60.9 Å². The first-order chi connectivity index (χ1) is 13.7. The van der Waals surface area contributed by atoms with E-state index in [1.54, 1.807) is 13.0 Å². The number of carbonyl (C=O) groups is 1. The molecule has 0 radical (unpaired) electrons. The number of hydrogen-bond donors (Lipinski definition) is 2. The molecule has 2 aromatic carbocycles. The van der Waals surface area contributed by atoms with Crippen LogP contribution in [-0.2, 0) is 21.4 Å². The molecule has 0 bridgehead atoms. The summed E-state index contributed by atoms with van der Waals surface area (Å²) in [5, 5.41) is 19.0. The third kappa shape index (κ3) is 4.75. The van der Waals surface area contributed by atoms with Crippen molar-refractivity contribution in [2.24, 2.45) is 0 Å². The number of carboxylic acid groups (broad SMARTS) is 1. The summed E-state index contributed by atoms with van der Waals surface area (Å²) < 4.78 is 45.5. The van der Waals surface area contributed by atoms with Gasteiger partial charge in [-0.15, -0.1) is 0 Å². The molecule has 1 heterocycles. The minimum Gasteiger partial charge on any atom is -0.489 e. The molecule has 0 aromatic heterocycles. The first kappa shape index (κ1) is 21.2. The van der Waals surface area contributed by atoms with E-state index >= 15 is 0 Å². The average Bonchev–Trinajstić information content (AvgIpc) is 2.67. The molecule has 0 spiro atoms. The topological polar surface area (TPSA) is 104 Å². The molecular weight excluding hydrogens is 401 g/mol. The number of nitrogens with zero attached hydrogens (tertiary/aromatic N) is 1. The number of aliphatic hydroxyl groups excluding tert-OH is 1. The number of sulfonamides is 1. The van der Waals surface area contributed by atoms with Gasteiger partial charge in [-0.2, -0.15) is 4.31 Å². The van der Waals surface area contributed by atoms with E-state index in [2.05, 4.69) is 0 Å². The SMILES string of the molecule is Cc1cc(F)ccc1COc1ccc(S(=O)(=O)N2CCC(O)CC2C(=O)O)cc1. The van der Waals surface area contributed by atoms with Crippen molar-refractivity contribution in [3.05, 3.63) is 59.4 Å². The lowest BCUT2D eigenvalue weighted by atomic mass is 10.0. The summed E-state index contributed by atoms with van der Waals surface area (Å²) in [5.74, 6) is -1.19. The lowest BCUT2D eigenvalue weighted by molar-refractivity contribution is -0.143. The number of ether oxygens (including phenoxy) is 1. The van der Waals surface area contributed by atoms with Gasteiger partial charge in [-0.1, -0.05) is 6.07 Å². The van der Waals surface area contributed by atoms with Gasteiger partial charge in [0.1, 0.15) is 24.2 Å². The summed E-state index contributed by atoms with van der Waals surface area (Å²) in [5.41, 5.74) is 1.55. The molecule has 1 aliphatic rings. The minimum atomic E-state index is -4.03. The van der Waals surface area contributed by atoms with Crippen LogP contribution in [0.15, 0.2) is 47.4 Å². The molecule has 156 valence electrons. The lowest BCUT2D eigenvalue weighted by Crippen LogP contribution is -2.51. The first-order valence-electron chi connectivity index (χ1n) is 9.09. The van der Waals surface area contributed by atoms with E-state index in [9.17, 15) is 27.8 Å². The molecule has 9 heteroatoms. The molecule has 1 saturated heterocycles. The molecule has 7 nitrogen and oxygen atoms in total. The highest BCUT2D eigenvalue weighted by Gasteiger charge is 2.40. The Labute approximate surface area is 168 Å². The fraction of sp³-hybridized carbons (Fsp3) is 0.350. The Morgan fingerprint density at radius 1 is 1.24 bits per heavy atom. The fourth-order valence-corrected chi connectivity index (χ4v) is 4.87. The van der Waals surface area contributed by atoms with Crippen LogP contribution in [0.2, 0.25) is 0 Å². The van der Waals surface area contributed by atoms with Gasteiger partial charge in [0.25, 0.3) is 0 Å². The first-order valence-corrected chi connectivity index (χ1v) is 10.5. The van der Waals surface area contributed by atoms with Gasteiger partial charge >= 0.3 is 5.97 Å². The number of carboxylic acids is 1. The molecule has 0 saturated carbocycles. The third-order valence-electron chi connectivity index (χ3n) is 4.94. The number of hydrogen-bond acceptors (Lipinski definition) is 5. The summed E-state index contributed by atoms with van der Waals surface area (Å²) in [6, 6.07) is 8.75. The van der Waals surface area contributed by atoms with Gasteiger partial charge in [-0.25, -0.2) is 12.8 Å². The summed E-state index contributed by atoms with van der Waals surface area (Å²) in [6.45, 7) is 1.90. The number of rotatable bonds is 6. The van der Waals surface area contributed by atoms with Crippen molar-refractivity contribution < 1.29 is 32.6 Å². The zero-order chi connectivity index (χ0) is 21.2.